The summed E-state index contributed by atoms with van der Waals surface area (Å²) in [5, 5.41) is 7.51. The molecule has 2 heterocycles. The van der Waals surface area contributed by atoms with E-state index in [0.29, 0.717) is 0 Å². The highest BCUT2D eigenvalue weighted by atomic mass is 32.1. The SMILES string of the molecule is c1ccc(-c2cccc(N(c3ccc(-c4cc(-n5c6ccccc6c6ccc(-c7ccccc7)cc65)cc5c4sc4ccccc45)cc3)c3ccc4ccccc4c3)c2)cc1. The van der Waals surface area contributed by atoms with Crippen LogP contribution in [0.5, 0.6) is 0 Å². The molecule has 0 saturated heterocycles. The van der Waals surface area contributed by atoms with Crippen LogP contribution in [0.15, 0.2) is 231 Å². The van der Waals surface area contributed by atoms with Crippen molar-refractivity contribution in [2.75, 3.05) is 4.90 Å². The van der Waals surface area contributed by atoms with Crippen LogP contribution in [-0.2, 0) is 0 Å². The van der Waals surface area contributed by atoms with Gasteiger partial charge in [0.15, 0.2) is 0 Å². The smallest absolute Gasteiger partial charge is 0.0547 e. The first-order chi connectivity index (χ1) is 30.2. The predicted octanol–water partition coefficient (Wildman–Crippen LogP) is 16.8. The molecule has 0 aliphatic rings. The number of rotatable bonds is 7. The summed E-state index contributed by atoms with van der Waals surface area (Å²) in [5.41, 5.74) is 14.1. The molecule has 0 saturated carbocycles. The van der Waals surface area contributed by atoms with Gasteiger partial charge < -0.3 is 9.47 Å². The highest BCUT2D eigenvalue weighted by molar-refractivity contribution is 7.26. The van der Waals surface area contributed by atoms with Crippen molar-refractivity contribution in [2.45, 2.75) is 0 Å². The summed E-state index contributed by atoms with van der Waals surface area (Å²) in [6, 6.07) is 84.2. The molecule has 0 bridgehead atoms. The Kier molecular flexibility index (Phi) is 8.39. The minimum Gasteiger partial charge on any atom is -0.310 e. The first kappa shape index (κ1) is 35.2. The van der Waals surface area contributed by atoms with Crippen LogP contribution in [-0.4, -0.2) is 4.57 Å². The first-order valence-electron chi connectivity index (χ1n) is 20.8. The van der Waals surface area contributed by atoms with Crippen molar-refractivity contribution in [1.82, 2.24) is 4.57 Å². The second-order valence-electron chi connectivity index (χ2n) is 15.7. The molecule has 0 fully saturated rings. The van der Waals surface area contributed by atoms with E-state index in [1.54, 1.807) is 0 Å². The number of nitrogens with zero attached hydrogens (tertiary/aromatic N) is 2. The maximum Gasteiger partial charge on any atom is 0.0547 e. The number of fused-ring (bicyclic) bond motifs is 7. The summed E-state index contributed by atoms with van der Waals surface area (Å²) in [4.78, 5) is 2.39. The summed E-state index contributed by atoms with van der Waals surface area (Å²) >= 11 is 1.88. The highest BCUT2D eigenvalue weighted by Crippen LogP contribution is 2.45. The van der Waals surface area contributed by atoms with Gasteiger partial charge in [-0.3, -0.25) is 0 Å². The second-order valence-corrected chi connectivity index (χ2v) is 16.8. The molecule has 3 heteroatoms. The Hall–Kier alpha value is -7.72. The van der Waals surface area contributed by atoms with Gasteiger partial charge in [0.1, 0.15) is 0 Å². The third kappa shape index (κ3) is 6.09. The van der Waals surface area contributed by atoms with E-state index in [1.165, 1.54) is 86.1 Å². The van der Waals surface area contributed by atoms with Crippen LogP contribution in [0, 0.1) is 0 Å². The monoisotopic (exact) mass is 794 g/mol. The molecule has 2 aromatic heterocycles. The van der Waals surface area contributed by atoms with Crippen LogP contribution < -0.4 is 4.90 Å². The Morgan fingerprint density at radius 1 is 0.328 bits per heavy atom. The number of hydrogen-bond donors (Lipinski definition) is 0. The Morgan fingerprint density at radius 3 is 1.74 bits per heavy atom. The molecule has 0 amide bonds. The van der Waals surface area contributed by atoms with Crippen LogP contribution in [0.1, 0.15) is 0 Å². The largest absolute Gasteiger partial charge is 0.310 e. The fraction of sp³-hybridized carbons (Fsp3) is 0. The number of para-hydroxylation sites is 1. The van der Waals surface area contributed by atoms with E-state index < -0.39 is 0 Å². The third-order valence-electron chi connectivity index (χ3n) is 12.1. The molecular weight excluding hydrogens is 757 g/mol. The number of thiophene rings is 1. The summed E-state index contributed by atoms with van der Waals surface area (Å²) in [5.74, 6) is 0. The van der Waals surface area contributed by atoms with Gasteiger partial charge >= 0.3 is 0 Å². The van der Waals surface area contributed by atoms with Gasteiger partial charge in [-0.25, -0.2) is 0 Å². The topological polar surface area (TPSA) is 8.17 Å². The number of benzene rings is 10. The van der Waals surface area contributed by atoms with E-state index in [-0.39, 0.29) is 0 Å². The van der Waals surface area contributed by atoms with Crippen molar-refractivity contribution in [2.24, 2.45) is 0 Å². The maximum atomic E-state index is 2.47. The molecule has 0 atom stereocenters. The van der Waals surface area contributed by atoms with E-state index in [4.69, 9.17) is 0 Å². The lowest BCUT2D eigenvalue weighted by atomic mass is 10.00. The molecular formula is C58H38N2S. The van der Waals surface area contributed by atoms with Crippen LogP contribution in [0.3, 0.4) is 0 Å². The summed E-state index contributed by atoms with van der Waals surface area (Å²) in [6.07, 6.45) is 0. The maximum absolute atomic E-state index is 2.47. The van der Waals surface area contributed by atoms with Gasteiger partial charge in [0, 0.05) is 59.3 Å². The van der Waals surface area contributed by atoms with Crippen molar-refractivity contribution in [3.05, 3.63) is 231 Å². The van der Waals surface area contributed by atoms with Gasteiger partial charge in [0.05, 0.1) is 11.0 Å². The van der Waals surface area contributed by atoms with E-state index in [2.05, 4.69) is 240 Å². The zero-order valence-corrected chi connectivity index (χ0v) is 34.1. The normalized spacial score (nSPS) is 11.6. The van der Waals surface area contributed by atoms with Crippen LogP contribution in [0.2, 0.25) is 0 Å². The molecule has 12 rings (SSSR count). The lowest BCUT2D eigenvalue weighted by molar-refractivity contribution is 1.19. The zero-order chi connectivity index (χ0) is 40.3. The van der Waals surface area contributed by atoms with Crippen LogP contribution in [0.4, 0.5) is 17.1 Å². The number of aromatic nitrogens is 1. The average Bonchev–Trinajstić information content (AvgIpc) is 3.88. The fourth-order valence-corrected chi connectivity index (χ4v) is 10.4. The van der Waals surface area contributed by atoms with Crippen molar-refractivity contribution in [1.29, 1.82) is 0 Å². The Bertz CT molecular complexity index is 3580. The minimum absolute atomic E-state index is 1.10. The van der Waals surface area contributed by atoms with E-state index >= 15 is 0 Å². The van der Waals surface area contributed by atoms with E-state index in [1.807, 2.05) is 11.3 Å². The molecule has 0 aliphatic heterocycles. The van der Waals surface area contributed by atoms with Crippen LogP contribution in [0.25, 0.3) is 91.8 Å². The molecule has 12 aromatic rings. The molecule has 10 aromatic carbocycles. The fourth-order valence-electron chi connectivity index (χ4n) is 9.22. The molecule has 0 unspecified atom stereocenters. The second kappa shape index (κ2) is 14.5. The van der Waals surface area contributed by atoms with Crippen molar-refractivity contribution < 1.29 is 0 Å². The van der Waals surface area contributed by atoms with Gasteiger partial charge in [-0.1, -0.05) is 164 Å². The Labute approximate surface area is 358 Å². The van der Waals surface area contributed by atoms with E-state index in [0.717, 1.165) is 22.7 Å². The van der Waals surface area contributed by atoms with Gasteiger partial charge in [-0.2, -0.15) is 0 Å². The molecule has 2 nitrogen and oxygen atoms in total. The standard InChI is InChI=1S/C58H38N2S/c1-3-14-39(15-4-1)44-20-13-21-47(34-44)59(48-32-26-41-18-7-8-19-43(41)35-48)46-30-27-42(28-31-46)53-37-49(38-54-52-23-10-12-25-57(52)61-58(53)54)60-55-24-11-9-22-50(55)51-33-29-45(36-56(51)60)40-16-5-2-6-17-40/h1-38H. The highest BCUT2D eigenvalue weighted by Gasteiger charge is 2.20. The van der Waals surface area contributed by atoms with Crippen molar-refractivity contribution in [3.8, 4) is 39.1 Å². The molecule has 61 heavy (non-hydrogen) atoms. The van der Waals surface area contributed by atoms with Gasteiger partial charge in [0.25, 0.3) is 0 Å². The van der Waals surface area contributed by atoms with Crippen molar-refractivity contribution >= 4 is 81.1 Å². The van der Waals surface area contributed by atoms with Gasteiger partial charge in [0.2, 0.25) is 0 Å². The van der Waals surface area contributed by atoms with E-state index in [9.17, 15) is 0 Å². The summed E-state index contributed by atoms with van der Waals surface area (Å²) in [7, 11) is 0. The quantitative estimate of drug-likeness (QED) is 0.156. The van der Waals surface area contributed by atoms with Crippen LogP contribution >= 0.6 is 11.3 Å². The Morgan fingerprint density at radius 2 is 0.934 bits per heavy atom. The molecule has 0 spiro atoms. The molecule has 0 N–H and O–H groups in total. The number of hydrogen-bond acceptors (Lipinski definition) is 2. The number of anilines is 3. The zero-order valence-electron chi connectivity index (χ0n) is 33.2. The lowest BCUT2D eigenvalue weighted by Crippen LogP contribution is -2.10. The first-order valence-corrected chi connectivity index (χ1v) is 21.6. The van der Waals surface area contributed by atoms with Gasteiger partial charge in [-0.15, -0.1) is 11.3 Å². The average molecular weight is 795 g/mol. The predicted molar refractivity (Wildman–Crippen MR) is 262 cm³/mol. The van der Waals surface area contributed by atoms with Gasteiger partial charge in [-0.05, 0) is 105 Å². The molecule has 0 aliphatic carbocycles. The lowest BCUT2D eigenvalue weighted by Gasteiger charge is -2.26. The summed E-state index contributed by atoms with van der Waals surface area (Å²) in [6.45, 7) is 0. The molecule has 0 radical (unpaired) electrons. The third-order valence-corrected chi connectivity index (χ3v) is 13.4. The Balaban J connectivity index is 1.05. The van der Waals surface area contributed by atoms with Crippen molar-refractivity contribution in [3.63, 3.8) is 0 Å². The molecule has 286 valence electrons. The summed E-state index contributed by atoms with van der Waals surface area (Å²) < 4.78 is 5.06. The minimum atomic E-state index is 1.10.